The van der Waals surface area contributed by atoms with Crippen LogP contribution in [0.4, 0.5) is 5.69 Å². The van der Waals surface area contributed by atoms with Crippen LogP contribution in [0.25, 0.3) is 0 Å². The van der Waals surface area contributed by atoms with Crippen LogP contribution in [-0.4, -0.2) is 55.1 Å². The first-order valence-corrected chi connectivity index (χ1v) is 13.2. The Morgan fingerprint density at radius 3 is 2.43 bits per heavy atom. The number of nitrogens with zero attached hydrogens (tertiary/aromatic N) is 2. The largest absolute Gasteiger partial charge is 0.497 e. The molecule has 2 atom stereocenters. The maximum Gasteiger partial charge on any atom is 0.335 e. The number of nitrogens with one attached hydrogen (secondary N) is 1. The summed E-state index contributed by atoms with van der Waals surface area (Å²) in [5.74, 6) is -0.932. The summed E-state index contributed by atoms with van der Waals surface area (Å²) in [6, 6.07) is 15.0. The fraction of sp³-hybridized carbons (Fsp3) is 0.269. The average Bonchev–Trinajstić information content (AvgIpc) is 2.90. The van der Waals surface area contributed by atoms with Gasteiger partial charge in [-0.1, -0.05) is 6.07 Å². The molecule has 0 radical (unpaired) electrons. The maximum absolute atomic E-state index is 13.3. The van der Waals surface area contributed by atoms with Gasteiger partial charge in [-0.2, -0.15) is 0 Å². The zero-order chi connectivity index (χ0) is 26.3. The number of piperidine rings is 1. The molecule has 2 N–H and O–H groups in total. The second kappa shape index (κ2) is 9.40. The predicted molar refractivity (Wildman–Crippen MR) is 135 cm³/mol. The quantitative estimate of drug-likeness (QED) is 0.507. The van der Waals surface area contributed by atoms with E-state index in [9.17, 15) is 27.9 Å². The monoisotopic (exact) mass is 523 g/mol. The van der Waals surface area contributed by atoms with Gasteiger partial charge < -0.3 is 19.3 Å². The Morgan fingerprint density at radius 2 is 1.73 bits per heavy atom. The normalized spacial score (nSPS) is 18.6. The van der Waals surface area contributed by atoms with Gasteiger partial charge in [-0.3, -0.25) is 14.3 Å². The number of rotatable bonds is 6. The number of carbonyl (C=O) groups is 2. The molecular weight excluding hydrogens is 498 g/mol. The van der Waals surface area contributed by atoms with Crippen LogP contribution >= 0.6 is 0 Å². The average molecular weight is 524 g/mol. The SMILES string of the molecule is COc1ccc(S(=O)(=O)Nc2ccc3n(c2=O)C[C@H]2C[C@@H]3CN(C(=O)c3cccc(C(=O)O)c3)C2)cc1. The van der Waals surface area contributed by atoms with Crippen LogP contribution in [-0.2, 0) is 16.6 Å². The highest BCUT2D eigenvalue weighted by Crippen LogP contribution is 2.36. The molecule has 0 aliphatic carbocycles. The van der Waals surface area contributed by atoms with Gasteiger partial charge in [0, 0.05) is 36.8 Å². The summed E-state index contributed by atoms with van der Waals surface area (Å²) in [4.78, 5) is 39.4. The number of hydrogen-bond donors (Lipinski definition) is 2. The summed E-state index contributed by atoms with van der Waals surface area (Å²) in [6.07, 6.45) is 0.801. The molecule has 3 heterocycles. The second-order valence-electron chi connectivity index (χ2n) is 9.26. The van der Waals surface area contributed by atoms with Crippen LogP contribution in [0.5, 0.6) is 5.75 Å². The minimum atomic E-state index is -3.98. The van der Waals surface area contributed by atoms with Crippen molar-refractivity contribution >= 4 is 27.6 Å². The van der Waals surface area contributed by atoms with Crippen LogP contribution < -0.4 is 15.0 Å². The van der Waals surface area contributed by atoms with Gasteiger partial charge in [0.2, 0.25) is 0 Å². The summed E-state index contributed by atoms with van der Waals surface area (Å²) in [6.45, 7) is 1.14. The fourth-order valence-electron chi connectivity index (χ4n) is 5.12. The zero-order valence-electron chi connectivity index (χ0n) is 20.0. The molecule has 0 spiro atoms. The van der Waals surface area contributed by atoms with Gasteiger partial charge in [-0.15, -0.1) is 0 Å². The number of fused-ring (bicyclic) bond motifs is 4. The molecule has 5 rings (SSSR count). The van der Waals surface area contributed by atoms with Gasteiger partial charge in [0.05, 0.1) is 17.6 Å². The number of aromatic carboxylic acids is 1. The van der Waals surface area contributed by atoms with E-state index in [2.05, 4.69) is 4.72 Å². The molecular formula is C26H25N3O7S. The van der Waals surface area contributed by atoms with Crippen LogP contribution in [0.1, 0.15) is 38.7 Å². The number of carbonyl (C=O) groups excluding carboxylic acids is 1. The number of carboxylic acid groups (broad SMARTS) is 1. The predicted octanol–water partition coefficient (Wildman–Crippen LogP) is 2.62. The standard InChI is InChI=1S/C26H25N3O7S/c1-36-20-5-7-21(8-6-20)37(34,35)27-22-9-10-23-19-11-16(14-29(23)25(22)31)13-28(15-19)24(30)17-3-2-4-18(12-17)26(32)33/h2-10,12,16,19,27H,11,13-15H2,1H3,(H,32,33)/t16-,19+/m0/s1. The molecule has 11 heteroatoms. The van der Waals surface area contributed by atoms with Gasteiger partial charge in [0.15, 0.2) is 0 Å². The Kier molecular flexibility index (Phi) is 6.24. The lowest BCUT2D eigenvalue weighted by Crippen LogP contribution is -2.49. The first-order valence-electron chi connectivity index (χ1n) is 11.7. The van der Waals surface area contributed by atoms with E-state index in [-0.39, 0.29) is 33.9 Å². The van der Waals surface area contributed by atoms with E-state index in [1.807, 2.05) is 0 Å². The van der Waals surface area contributed by atoms with Crippen molar-refractivity contribution in [2.75, 3.05) is 24.9 Å². The molecule has 2 bridgehead atoms. The van der Waals surface area contributed by atoms with E-state index in [0.717, 1.165) is 12.1 Å². The number of hydrogen-bond acceptors (Lipinski definition) is 6. The lowest BCUT2D eigenvalue weighted by Gasteiger charge is -2.43. The van der Waals surface area contributed by atoms with Crippen molar-refractivity contribution < 1.29 is 27.9 Å². The number of ether oxygens (including phenoxy) is 1. The topological polar surface area (TPSA) is 135 Å². The van der Waals surface area contributed by atoms with Crippen molar-refractivity contribution in [1.82, 2.24) is 9.47 Å². The Balaban J connectivity index is 1.38. The highest BCUT2D eigenvalue weighted by atomic mass is 32.2. The third-order valence-electron chi connectivity index (χ3n) is 6.86. The van der Waals surface area contributed by atoms with Gasteiger partial charge in [-0.05, 0) is 66.9 Å². The number of likely N-dealkylation sites (tertiary alicyclic amines) is 1. The Morgan fingerprint density at radius 1 is 1.00 bits per heavy atom. The molecule has 0 saturated carbocycles. The van der Waals surface area contributed by atoms with Crippen molar-refractivity contribution in [2.24, 2.45) is 5.92 Å². The summed E-state index contributed by atoms with van der Waals surface area (Å²) < 4.78 is 34.8. The lowest BCUT2D eigenvalue weighted by atomic mass is 9.83. The maximum atomic E-state index is 13.3. The number of carboxylic acids is 1. The van der Waals surface area contributed by atoms with Crippen molar-refractivity contribution in [3.05, 3.63) is 87.8 Å². The van der Waals surface area contributed by atoms with Gasteiger partial charge in [-0.25, -0.2) is 13.2 Å². The van der Waals surface area contributed by atoms with E-state index < -0.39 is 21.6 Å². The molecule has 3 aromatic rings. The van der Waals surface area contributed by atoms with E-state index in [1.165, 1.54) is 49.6 Å². The van der Waals surface area contributed by atoms with Crippen molar-refractivity contribution in [3.8, 4) is 5.75 Å². The van der Waals surface area contributed by atoms with Crippen molar-refractivity contribution in [3.63, 3.8) is 0 Å². The third-order valence-corrected chi connectivity index (χ3v) is 8.24. The molecule has 37 heavy (non-hydrogen) atoms. The van der Waals surface area contributed by atoms with Crippen LogP contribution in [0, 0.1) is 5.92 Å². The van der Waals surface area contributed by atoms with Crippen LogP contribution in [0.15, 0.2) is 70.4 Å². The molecule has 10 nitrogen and oxygen atoms in total. The Bertz CT molecular complexity index is 1550. The molecule has 1 aromatic heterocycles. The first-order chi connectivity index (χ1) is 17.7. The molecule has 192 valence electrons. The highest BCUT2D eigenvalue weighted by Gasteiger charge is 2.37. The molecule has 2 aliphatic rings. The summed E-state index contributed by atoms with van der Waals surface area (Å²) in [5, 5.41) is 9.24. The van der Waals surface area contributed by atoms with Gasteiger partial charge in [0.25, 0.3) is 21.5 Å². The molecule has 2 aromatic carbocycles. The lowest BCUT2D eigenvalue weighted by molar-refractivity contribution is 0.0594. The number of amides is 1. The van der Waals surface area contributed by atoms with Crippen LogP contribution in [0.3, 0.4) is 0 Å². The van der Waals surface area contributed by atoms with Gasteiger partial charge in [0.1, 0.15) is 11.4 Å². The minimum Gasteiger partial charge on any atom is -0.497 e. The van der Waals surface area contributed by atoms with Crippen LogP contribution in [0.2, 0.25) is 0 Å². The van der Waals surface area contributed by atoms with E-state index >= 15 is 0 Å². The molecule has 1 saturated heterocycles. The van der Waals surface area contributed by atoms with Crippen molar-refractivity contribution in [2.45, 2.75) is 23.8 Å². The summed E-state index contributed by atoms with van der Waals surface area (Å²) >= 11 is 0. The Labute approximate surface area is 213 Å². The number of pyridine rings is 1. The summed E-state index contributed by atoms with van der Waals surface area (Å²) in [5.41, 5.74) is 0.617. The minimum absolute atomic E-state index is 0.00371. The van der Waals surface area contributed by atoms with E-state index in [1.54, 1.807) is 27.7 Å². The van der Waals surface area contributed by atoms with Crippen molar-refractivity contribution in [1.29, 1.82) is 0 Å². The number of aromatic nitrogens is 1. The van der Waals surface area contributed by atoms with E-state index in [4.69, 9.17) is 4.74 Å². The number of sulfonamides is 1. The molecule has 1 amide bonds. The number of anilines is 1. The second-order valence-corrected chi connectivity index (χ2v) is 10.9. The number of benzene rings is 2. The smallest absolute Gasteiger partial charge is 0.335 e. The van der Waals surface area contributed by atoms with E-state index in [0.29, 0.717) is 30.9 Å². The first kappa shape index (κ1) is 24.6. The Hall–Kier alpha value is -4.12. The van der Waals surface area contributed by atoms with Gasteiger partial charge >= 0.3 is 5.97 Å². The number of methoxy groups -OCH3 is 1. The molecule has 0 unspecified atom stereocenters. The fourth-order valence-corrected chi connectivity index (χ4v) is 6.17. The third kappa shape index (κ3) is 4.69. The highest BCUT2D eigenvalue weighted by molar-refractivity contribution is 7.92. The zero-order valence-corrected chi connectivity index (χ0v) is 20.8. The summed E-state index contributed by atoms with van der Waals surface area (Å²) in [7, 11) is -2.50. The molecule has 1 fully saturated rings. The molecule has 2 aliphatic heterocycles.